The van der Waals surface area contributed by atoms with Gasteiger partial charge in [-0.3, -0.25) is 4.79 Å². The monoisotopic (exact) mass is 210 g/mol. The molecule has 1 N–H and O–H groups in total. The summed E-state index contributed by atoms with van der Waals surface area (Å²) < 4.78 is 0. The Morgan fingerprint density at radius 3 is 2.67 bits per heavy atom. The summed E-state index contributed by atoms with van der Waals surface area (Å²) in [4.78, 5) is 13.7. The number of rotatable bonds is 5. The summed E-state index contributed by atoms with van der Waals surface area (Å²) >= 11 is 0. The van der Waals surface area contributed by atoms with E-state index in [2.05, 4.69) is 12.2 Å². The molecule has 3 heteroatoms. The van der Waals surface area contributed by atoms with Crippen molar-refractivity contribution in [2.24, 2.45) is 5.92 Å². The second-order valence-electron chi connectivity index (χ2n) is 4.92. The average molecular weight is 210 g/mol. The minimum absolute atomic E-state index is 0.336. The number of nitrogens with zero attached hydrogens (tertiary/aromatic N) is 1. The summed E-state index contributed by atoms with van der Waals surface area (Å²) in [5.41, 5.74) is 0. The molecule has 1 saturated heterocycles. The Balaban J connectivity index is 1.58. The van der Waals surface area contributed by atoms with E-state index in [9.17, 15) is 4.79 Å². The van der Waals surface area contributed by atoms with Crippen LogP contribution >= 0.6 is 0 Å². The fraction of sp³-hybridized carbons (Fsp3) is 0.917. The summed E-state index contributed by atoms with van der Waals surface area (Å²) in [5, 5.41) is 3.45. The van der Waals surface area contributed by atoms with E-state index in [1.54, 1.807) is 0 Å². The van der Waals surface area contributed by atoms with Crippen molar-refractivity contribution in [2.75, 3.05) is 19.6 Å². The van der Waals surface area contributed by atoms with Gasteiger partial charge in [-0.05, 0) is 38.5 Å². The molecule has 0 radical (unpaired) electrons. The first-order valence-electron chi connectivity index (χ1n) is 6.28. The van der Waals surface area contributed by atoms with Gasteiger partial charge in [0.15, 0.2) is 0 Å². The third-order valence-corrected chi connectivity index (χ3v) is 3.59. The van der Waals surface area contributed by atoms with Crippen LogP contribution in [0, 0.1) is 5.92 Å². The Labute approximate surface area is 92.2 Å². The Kier molecular flexibility index (Phi) is 3.62. The first-order chi connectivity index (χ1) is 7.27. The van der Waals surface area contributed by atoms with Crippen LogP contribution in [0.2, 0.25) is 0 Å². The first-order valence-corrected chi connectivity index (χ1v) is 6.28. The molecule has 15 heavy (non-hydrogen) atoms. The predicted octanol–water partition coefficient (Wildman–Crippen LogP) is 1.39. The van der Waals surface area contributed by atoms with Crippen LogP contribution in [-0.2, 0) is 4.79 Å². The molecule has 2 fully saturated rings. The lowest BCUT2D eigenvalue weighted by Gasteiger charge is -2.17. The molecule has 0 aromatic carbocycles. The van der Waals surface area contributed by atoms with Crippen LogP contribution in [0.5, 0.6) is 0 Å². The normalized spacial score (nSPS) is 23.1. The van der Waals surface area contributed by atoms with Crippen molar-refractivity contribution in [1.82, 2.24) is 10.2 Å². The first kappa shape index (κ1) is 10.9. The van der Waals surface area contributed by atoms with Crippen LogP contribution < -0.4 is 5.32 Å². The molecule has 2 aliphatic rings. The van der Waals surface area contributed by atoms with Crippen LogP contribution in [0.25, 0.3) is 0 Å². The topological polar surface area (TPSA) is 32.3 Å². The fourth-order valence-electron chi connectivity index (χ4n) is 2.29. The lowest BCUT2D eigenvalue weighted by molar-refractivity contribution is -0.130. The van der Waals surface area contributed by atoms with Crippen LogP contribution in [-0.4, -0.2) is 36.5 Å². The van der Waals surface area contributed by atoms with Gasteiger partial charge in [0.05, 0.1) is 0 Å². The van der Waals surface area contributed by atoms with Crippen molar-refractivity contribution in [3.8, 4) is 0 Å². The molecular formula is C12H22N2O. The Morgan fingerprint density at radius 1 is 1.40 bits per heavy atom. The number of carbonyl (C=O) groups excluding carboxylic acids is 1. The predicted molar refractivity (Wildman–Crippen MR) is 60.6 cm³/mol. The fourth-order valence-corrected chi connectivity index (χ4v) is 2.29. The summed E-state index contributed by atoms with van der Waals surface area (Å²) in [6.07, 6.45) is 5.80. The Morgan fingerprint density at radius 2 is 2.07 bits per heavy atom. The molecule has 0 aromatic heterocycles. The van der Waals surface area contributed by atoms with Crippen LogP contribution in [0.15, 0.2) is 0 Å². The van der Waals surface area contributed by atoms with Gasteiger partial charge in [0.2, 0.25) is 5.91 Å². The average Bonchev–Trinajstić information content (AvgIpc) is 2.93. The molecule has 1 heterocycles. The second kappa shape index (κ2) is 4.97. The highest BCUT2D eigenvalue weighted by molar-refractivity contribution is 5.76. The van der Waals surface area contributed by atoms with E-state index in [0.29, 0.717) is 18.4 Å². The molecule has 2 rings (SSSR count). The maximum Gasteiger partial charge on any atom is 0.223 e. The van der Waals surface area contributed by atoms with Crippen molar-refractivity contribution in [3.63, 3.8) is 0 Å². The Bertz CT molecular complexity index is 220. The van der Waals surface area contributed by atoms with Crippen molar-refractivity contribution >= 4 is 5.91 Å². The number of hydrogen-bond donors (Lipinski definition) is 1. The highest BCUT2D eigenvalue weighted by atomic mass is 16.2. The van der Waals surface area contributed by atoms with E-state index in [0.717, 1.165) is 25.6 Å². The second-order valence-corrected chi connectivity index (χ2v) is 4.92. The third-order valence-electron chi connectivity index (χ3n) is 3.59. The van der Waals surface area contributed by atoms with Gasteiger partial charge in [0, 0.05) is 32.1 Å². The van der Waals surface area contributed by atoms with Gasteiger partial charge < -0.3 is 10.2 Å². The van der Waals surface area contributed by atoms with Gasteiger partial charge in [-0.15, -0.1) is 0 Å². The van der Waals surface area contributed by atoms with Crippen molar-refractivity contribution < 1.29 is 4.79 Å². The molecule has 86 valence electrons. The van der Waals surface area contributed by atoms with Gasteiger partial charge in [0.1, 0.15) is 0 Å². The molecule has 0 spiro atoms. The summed E-state index contributed by atoms with van der Waals surface area (Å²) in [5.74, 6) is 1.22. The van der Waals surface area contributed by atoms with E-state index < -0.39 is 0 Å². The summed E-state index contributed by atoms with van der Waals surface area (Å²) in [6.45, 7) is 5.05. The van der Waals surface area contributed by atoms with Gasteiger partial charge in [-0.25, -0.2) is 0 Å². The lowest BCUT2D eigenvalue weighted by Crippen LogP contribution is -2.34. The zero-order valence-corrected chi connectivity index (χ0v) is 9.67. The molecule has 1 unspecified atom stereocenters. The highest BCUT2D eigenvalue weighted by Crippen LogP contribution is 2.32. The molecular weight excluding hydrogens is 188 g/mol. The third kappa shape index (κ3) is 3.20. The zero-order valence-electron chi connectivity index (χ0n) is 9.67. The van der Waals surface area contributed by atoms with E-state index in [4.69, 9.17) is 0 Å². The SMILES string of the molecule is CC(NCCC(=O)N1CCCC1)C1CC1. The molecule has 0 aromatic rings. The summed E-state index contributed by atoms with van der Waals surface area (Å²) in [7, 11) is 0. The minimum Gasteiger partial charge on any atom is -0.343 e. The van der Waals surface area contributed by atoms with Gasteiger partial charge >= 0.3 is 0 Å². The molecule has 1 amide bonds. The molecule has 1 saturated carbocycles. The zero-order chi connectivity index (χ0) is 10.7. The van der Waals surface area contributed by atoms with Crippen LogP contribution in [0.1, 0.15) is 39.0 Å². The van der Waals surface area contributed by atoms with Crippen molar-refractivity contribution in [1.29, 1.82) is 0 Å². The molecule has 0 bridgehead atoms. The van der Waals surface area contributed by atoms with Gasteiger partial charge in [-0.1, -0.05) is 0 Å². The van der Waals surface area contributed by atoms with Crippen LogP contribution in [0.3, 0.4) is 0 Å². The van der Waals surface area contributed by atoms with Crippen LogP contribution in [0.4, 0.5) is 0 Å². The summed E-state index contributed by atoms with van der Waals surface area (Å²) in [6, 6.07) is 0.608. The quantitative estimate of drug-likeness (QED) is 0.743. The number of nitrogens with one attached hydrogen (secondary N) is 1. The maximum atomic E-state index is 11.7. The standard InChI is InChI=1S/C12H22N2O/c1-10(11-4-5-11)13-7-6-12(15)14-8-2-3-9-14/h10-11,13H,2-9H2,1H3. The number of hydrogen-bond acceptors (Lipinski definition) is 2. The maximum absolute atomic E-state index is 11.7. The van der Waals surface area contributed by atoms with E-state index in [1.165, 1.54) is 25.7 Å². The smallest absolute Gasteiger partial charge is 0.223 e. The largest absolute Gasteiger partial charge is 0.343 e. The highest BCUT2D eigenvalue weighted by Gasteiger charge is 2.27. The van der Waals surface area contributed by atoms with Gasteiger partial charge in [0.25, 0.3) is 0 Å². The number of amides is 1. The molecule has 1 aliphatic carbocycles. The lowest BCUT2D eigenvalue weighted by atomic mass is 10.2. The molecule has 3 nitrogen and oxygen atoms in total. The number of likely N-dealkylation sites (tertiary alicyclic amines) is 1. The molecule has 1 aliphatic heterocycles. The minimum atomic E-state index is 0.336. The van der Waals surface area contributed by atoms with Crippen molar-refractivity contribution in [2.45, 2.75) is 45.1 Å². The number of carbonyl (C=O) groups is 1. The Hall–Kier alpha value is -0.570. The molecule has 1 atom stereocenters. The van der Waals surface area contributed by atoms with E-state index >= 15 is 0 Å². The van der Waals surface area contributed by atoms with Crippen molar-refractivity contribution in [3.05, 3.63) is 0 Å². The van der Waals surface area contributed by atoms with Gasteiger partial charge in [-0.2, -0.15) is 0 Å². The van der Waals surface area contributed by atoms with E-state index in [-0.39, 0.29) is 0 Å². The van der Waals surface area contributed by atoms with E-state index in [1.807, 2.05) is 4.90 Å².